The Morgan fingerprint density at radius 3 is 1.00 bits per heavy atom. The minimum Gasteiger partial charge on any atom is -0.249 e. The molecule has 0 spiro atoms. The number of rotatable bonds is 10. The molecular weight excluding hydrogens is 1690 g/mol. The van der Waals surface area contributed by atoms with E-state index in [0.29, 0.717) is 29.6 Å². The number of thiophene rings is 4. The van der Waals surface area contributed by atoms with Crippen LogP contribution in [0.15, 0.2) is 334 Å². The van der Waals surface area contributed by atoms with Gasteiger partial charge >= 0.3 is 0 Å². The van der Waals surface area contributed by atoms with E-state index < -0.39 is 0 Å². The number of hydrogen-bond acceptors (Lipinski definition) is 14. The molecule has 0 bridgehead atoms. The normalized spacial score (nSPS) is 12.3. The fraction of sp³-hybridized carbons (Fsp3) is 0.153. The van der Waals surface area contributed by atoms with Crippen molar-refractivity contribution in [3.8, 4) is 67.4 Å². The second-order valence-electron chi connectivity index (χ2n) is 36.1. The smallest absolute Gasteiger partial charge is 0.0942 e. The first-order valence-corrected chi connectivity index (χ1v) is 48.8. The molecule has 0 aliphatic heterocycles. The summed E-state index contributed by atoms with van der Waals surface area (Å²) in [5, 5.41) is 10.5. The molecule has 0 unspecified atom stereocenters. The highest BCUT2D eigenvalue weighted by Gasteiger charge is 2.38. The second-order valence-corrected chi connectivity index (χ2v) is 40.4. The maximum atomic E-state index is 5.11. The van der Waals surface area contributed by atoms with Crippen LogP contribution in [0.25, 0.3) is 203 Å². The van der Waals surface area contributed by atoms with Gasteiger partial charge in [0.1, 0.15) is 0 Å². The average Bonchev–Trinajstić information content (AvgIpc) is 1.56. The van der Waals surface area contributed by atoms with E-state index in [9.17, 15) is 0 Å². The molecule has 15 aromatic carbocycles. The Balaban J connectivity index is 0.0000000995. The molecule has 1 aliphatic rings. The third-order valence-corrected chi connectivity index (χ3v) is 29.8. The van der Waals surface area contributed by atoms with Crippen LogP contribution in [0.1, 0.15) is 152 Å². The third-order valence-electron chi connectivity index (χ3n) is 25.2. The molecule has 0 saturated carbocycles. The molecule has 9 heterocycles. The molecule has 24 aromatic rings. The summed E-state index contributed by atoms with van der Waals surface area (Å²) in [7, 11) is 0. The second kappa shape index (κ2) is 35.3. The number of hydrogen-bond donors (Lipinski definition) is 0. The van der Waals surface area contributed by atoms with E-state index in [-0.39, 0.29) is 5.41 Å². The molecule has 0 amide bonds. The van der Waals surface area contributed by atoms with Gasteiger partial charge in [0.05, 0.1) is 112 Å². The average molecular weight is 1780 g/mol. The molecule has 10 nitrogen and oxygen atoms in total. The van der Waals surface area contributed by atoms with Crippen LogP contribution < -0.4 is 0 Å². The lowest BCUT2D eigenvalue weighted by atomic mass is 9.79. The Kier molecular flexibility index (Phi) is 22.6. The highest BCUT2D eigenvalue weighted by Crippen LogP contribution is 2.53. The lowest BCUT2D eigenvalue weighted by Crippen LogP contribution is -2.17. The Morgan fingerprint density at radius 2 is 0.500 bits per heavy atom. The third kappa shape index (κ3) is 15.7. The fourth-order valence-corrected chi connectivity index (χ4v) is 23.4. The molecule has 14 heteroatoms. The van der Waals surface area contributed by atoms with E-state index in [1.165, 1.54) is 120 Å². The van der Waals surface area contributed by atoms with E-state index in [1.54, 1.807) is 0 Å². The molecular formula is C118H96N10S4. The van der Waals surface area contributed by atoms with E-state index >= 15 is 0 Å². The number of benzene rings is 15. The monoisotopic (exact) mass is 1780 g/mol. The van der Waals surface area contributed by atoms with Gasteiger partial charge in [-0.15, -0.1) is 45.3 Å². The summed E-state index contributed by atoms with van der Waals surface area (Å²) < 4.78 is 10.5. The lowest BCUT2D eigenvalue weighted by molar-refractivity contribution is 0.661. The van der Waals surface area contributed by atoms with Crippen molar-refractivity contribution in [1.82, 2.24) is 49.8 Å². The van der Waals surface area contributed by atoms with E-state index in [4.69, 9.17) is 49.8 Å². The van der Waals surface area contributed by atoms with Crippen LogP contribution >= 0.6 is 45.3 Å². The SMILES string of the molecule is CC(C)c1nc2ccccc2nc1-c1ccc2c(c1)sc1ccccc12.CC(C)c1nc2ccccc2nc1-c1ccc2sc3ccccc3c2c1.CC(C)c1nc2ccccc2nc1-c1cccc2c1C(C)(C)c1ccccc1-2.CC(C)c1nc2ccccc2nc1-c1cccc2c1sc1ccccc12.CC(C)c1nc2ccccc2nc1-c1cccc2sc3ccccc3c12. The van der Waals surface area contributed by atoms with Gasteiger partial charge in [-0.1, -0.05) is 308 Å². The van der Waals surface area contributed by atoms with Gasteiger partial charge in [0.25, 0.3) is 0 Å². The van der Waals surface area contributed by atoms with Gasteiger partial charge in [0, 0.05) is 114 Å². The summed E-state index contributed by atoms with van der Waals surface area (Å²) in [6, 6.07) is 117. The first-order chi connectivity index (χ1) is 64.3. The quantitative estimate of drug-likeness (QED) is 0.130. The van der Waals surface area contributed by atoms with E-state index in [1.807, 2.05) is 161 Å². The highest BCUT2D eigenvalue weighted by molar-refractivity contribution is 7.27. The maximum Gasteiger partial charge on any atom is 0.0942 e. The van der Waals surface area contributed by atoms with Crippen molar-refractivity contribution in [2.75, 3.05) is 0 Å². The van der Waals surface area contributed by atoms with Crippen LogP contribution in [0.2, 0.25) is 0 Å². The van der Waals surface area contributed by atoms with Gasteiger partial charge in [-0.25, -0.2) is 49.8 Å². The number of fused-ring (bicyclic) bond motifs is 20. The van der Waals surface area contributed by atoms with Crippen molar-refractivity contribution in [3.05, 3.63) is 373 Å². The first-order valence-electron chi connectivity index (χ1n) is 45.6. The largest absolute Gasteiger partial charge is 0.249 e. The van der Waals surface area contributed by atoms with Crippen molar-refractivity contribution in [2.45, 2.75) is 118 Å². The zero-order chi connectivity index (χ0) is 90.2. The molecule has 0 atom stereocenters. The van der Waals surface area contributed by atoms with Gasteiger partial charge < -0.3 is 0 Å². The standard InChI is InChI=1S/C26H24N2.4C23H18N2S/c1-16(2)24-25(28-22-15-8-7-14-21(22)27-24)19-12-9-11-18-17-10-5-6-13-20(17)26(3,4)23(18)19;1-14(2)21-22(25-19-12-5-4-11-18(19)24-21)17-10-7-9-16-15-8-3-6-13-20(15)26-23(16)17;1-14(2)22-23(25-18-11-5-4-10-17(18)24-22)16-9-7-13-20-21(16)15-8-3-6-12-19(15)26-20;1-14(2)22-23(25-19-9-5-4-8-18(19)24-22)15-11-12-21-17(13-15)16-7-3-6-10-20(16)26-21;1-14(2)22-23(25-19-9-5-4-8-18(19)24-22)15-11-12-17-16-7-3-6-10-20(16)26-21(17)13-15/h5-16H,1-4H3;4*3-14H,1-2H3. The topological polar surface area (TPSA) is 129 Å². The molecule has 9 aromatic heterocycles. The highest BCUT2D eigenvalue weighted by atomic mass is 32.1. The minimum atomic E-state index is -0.0654. The Labute approximate surface area is 783 Å². The number of nitrogens with zero attached hydrogens (tertiary/aromatic N) is 10. The van der Waals surface area contributed by atoms with Gasteiger partial charge in [-0.3, -0.25) is 0 Å². The van der Waals surface area contributed by atoms with Crippen LogP contribution in [-0.4, -0.2) is 49.8 Å². The predicted octanol–water partition coefficient (Wildman–Crippen LogP) is 33.9. The van der Waals surface area contributed by atoms with Gasteiger partial charge in [-0.2, -0.15) is 0 Å². The Bertz CT molecular complexity index is 8580. The van der Waals surface area contributed by atoms with Crippen LogP contribution in [0.5, 0.6) is 0 Å². The molecule has 0 N–H and O–H groups in total. The maximum absolute atomic E-state index is 5.11. The van der Waals surface area contributed by atoms with E-state index in [2.05, 4.69) is 301 Å². The molecule has 1 aliphatic carbocycles. The van der Waals surface area contributed by atoms with Gasteiger partial charge in [0.2, 0.25) is 0 Å². The summed E-state index contributed by atoms with van der Waals surface area (Å²) in [6.07, 6.45) is 0. The predicted molar refractivity (Wildman–Crippen MR) is 564 cm³/mol. The van der Waals surface area contributed by atoms with Crippen molar-refractivity contribution >= 4 is 181 Å². The van der Waals surface area contributed by atoms with Crippen molar-refractivity contribution in [3.63, 3.8) is 0 Å². The van der Waals surface area contributed by atoms with Crippen LogP contribution in [-0.2, 0) is 5.41 Å². The Morgan fingerprint density at radius 1 is 0.205 bits per heavy atom. The lowest BCUT2D eigenvalue weighted by Gasteiger charge is -2.25. The number of para-hydroxylation sites is 10. The van der Waals surface area contributed by atoms with Crippen molar-refractivity contribution in [1.29, 1.82) is 0 Å². The van der Waals surface area contributed by atoms with Crippen LogP contribution in [0, 0.1) is 0 Å². The van der Waals surface area contributed by atoms with Crippen molar-refractivity contribution in [2.24, 2.45) is 0 Å². The molecule has 642 valence electrons. The van der Waals surface area contributed by atoms with Gasteiger partial charge in [-0.05, 0) is 161 Å². The molecule has 0 saturated heterocycles. The van der Waals surface area contributed by atoms with E-state index in [0.717, 1.165) is 123 Å². The summed E-state index contributed by atoms with van der Waals surface area (Å²) in [5.74, 6) is 1.56. The summed E-state index contributed by atoms with van der Waals surface area (Å²) in [5.41, 5.74) is 31.1. The van der Waals surface area contributed by atoms with Crippen molar-refractivity contribution < 1.29 is 0 Å². The molecule has 0 radical (unpaired) electrons. The summed E-state index contributed by atoms with van der Waals surface area (Å²) in [4.78, 5) is 49.9. The van der Waals surface area contributed by atoms with Crippen LogP contribution in [0.3, 0.4) is 0 Å². The fourth-order valence-electron chi connectivity index (χ4n) is 18.8. The zero-order valence-corrected chi connectivity index (χ0v) is 79.0. The Hall–Kier alpha value is -14.1. The first kappa shape index (κ1) is 84.7. The molecule has 132 heavy (non-hydrogen) atoms. The number of aromatic nitrogens is 10. The zero-order valence-electron chi connectivity index (χ0n) is 75.7. The van der Waals surface area contributed by atoms with Crippen LogP contribution in [0.4, 0.5) is 0 Å². The molecule has 0 fully saturated rings. The summed E-state index contributed by atoms with van der Waals surface area (Å²) >= 11 is 7.36. The minimum absolute atomic E-state index is 0.0654. The summed E-state index contributed by atoms with van der Waals surface area (Å²) in [6.45, 7) is 26.5. The molecule has 25 rings (SSSR count). The van der Waals surface area contributed by atoms with Gasteiger partial charge in [0.15, 0.2) is 0 Å².